The Morgan fingerprint density at radius 1 is 0.556 bits per heavy atom. The second-order valence-corrected chi connectivity index (χ2v) is 6.64. The summed E-state index contributed by atoms with van der Waals surface area (Å²) >= 11 is 0. The molecule has 0 bridgehead atoms. The van der Waals surface area contributed by atoms with Gasteiger partial charge in [0.1, 0.15) is 0 Å². The van der Waals surface area contributed by atoms with Gasteiger partial charge in [0.05, 0.1) is 0 Å². The Morgan fingerprint density at radius 2 is 0.815 bits per heavy atom. The summed E-state index contributed by atoms with van der Waals surface area (Å²) < 4.78 is 0. The number of carbonyl (C=O) groups is 2. The van der Waals surface area contributed by atoms with Crippen LogP contribution >= 0.6 is 0 Å². The maximum absolute atomic E-state index is 10.1. The summed E-state index contributed by atoms with van der Waals surface area (Å²) in [6.07, 6.45) is 19.7. The van der Waals surface area contributed by atoms with Crippen LogP contribution in [0.1, 0.15) is 103 Å². The van der Waals surface area contributed by atoms with E-state index in [-0.39, 0.29) is 29.9 Å². The van der Waals surface area contributed by atoms with E-state index < -0.39 is 11.9 Å². The summed E-state index contributed by atoms with van der Waals surface area (Å²) in [4.78, 5) is 20.1. The molecular weight excluding hydrogens is 383 g/mol. The SMILES string of the molecule is C=CCCCCCCCCC(=O)[O-].C=CCCCCCCCCC(=O)[O-].[Mn+2]. The summed E-state index contributed by atoms with van der Waals surface area (Å²) in [6.45, 7) is 7.31. The summed E-state index contributed by atoms with van der Waals surface area (Å²) in [5.74, 6) is -1.85. The van der Waals surface area contributed by atoms with E-state index in [1.165, 1.54) is 38.5 Å². The number of carboxylic acid groups (broad SMARTS) is 2. The van der Waals surface area contributed by atoms with Crippen molar-refractivity contribution in [3.63, 3.8) is 0 Å². The van der Waals surface area contributed by atoms with Crippen molar-refractivity contribution in [1.82, 2.24) is 0 Å². The van der Waals surface area contributed by atoms with Gasteiger partial charge >= 0.3 is 17.1 Å². The maximum Gasteiger partial charge on any atom is 2.00 e. The zero-order valence-electron chi connectivity index (χ0n) is 16.9. The van der Waals surface area contributed by atoms with Crippen LogP contribution in [0.15, 0.2) is 25.3 Å². The normalized spacial score (nSPS) is 9.48. The van der Waals surface area contributed by atoms with Gasteiger partial charge in [-0.3, -0.25) is 0 Å². The minimum atomic E-state index is -0.924. The molecule has 0 fully saturated rings. The number of allylic oxidation sites excluding steroid dienone is 2. The summed E-state index contributed by atoms with van der Waals surface area (Å²) in [6, 6.07) is 0. The average molecular weight is 421 g/mol. The monoisotopic (exact) mass is 421 g/mol. The van der Waals surface area contributed by atoms with Crippen molar-refractivity contribution in [2.24, 2.45) is 0 Å². The quantitative estimate of drug-likeness (QED) is 0.190. The van der Waals surface area contributed by atoms with Crippen LogP contribution in [0.5, 0.6) is 0 Å². The molecule has 0 aromatic heterocycles. The Hall–Kier alpha value is -1.06. The first-order valence-corrected chi connectivity index (χ1v) is 10.2. The topological polar surface area (TPSA) is 80.3 Å². The number of rotatable bonds is 18. The van der Waals surface area contributed by atoms with Crippen LogP contribution in [-0.2, 0) is 26.7 Å². The summed E-state index contributed by atoms with van der Waals surface area (Å²) in [5, 5.41) is 20.1. The van der Waals surface area contributed by atoms with Crippen LogP contribution in [0.2, 0.25) is 0 Å². The Kier molecular flexibility index (Phi) is 30.8. The van der Waals surface area contributed by atoms with Gasteiger partial charge in [-0.05, 0) is 51.4 Å². The molecule has 4 nitrogen and oxygen atoms in total. The molecule has 27 heavy (non-hydrogen) atoms. The first-order chi connectivity index (χ1) is 12.5. The Balaban J connectivity index is -0.000000411. The first kappa shape index (κ1) is 30.7. The van der Waals surface area contributed by atoms with E-state index in [1.54, 1.807) is 0 Å². The maximum atomic E-state index is 10.1. The molecule has 0 aliphatic heterocycles. The molecule has 0 unspecified atom stereocenters. The van der Waals surface area contributed by atoms with E-state index in [1.807, 2.05) is 12.2 Å². The van der Waals surface area contributed by atoms with Gasteiger partial charge in [0.2, 0.25) is 0 Å². The molecule has 0 aromatic carbocycles. The van der Waals surface area contributed by atoms with Crippen molar-refractivity contribution in [2.45, 2.75) is 103 Å². The molecule has 0 N–H and O–H groups in total. The molecule has 5 heteroatoms. The van der Waals surface area contributed by atoms with E-state index in [0.29, 0.717) is 0 Å². The van der Waals surface area contributed by atoms with Gasteiger partial charge in [0.15, 0.2) is 0 Å². The van der Waals surface area contributed by atoms with Gasteiger partial charge in [0, 0.05) is 11.9 Å². The fourth-order valence-electron chi connectivity index (χ4n) is 2.53. The third-order valence-electron chi connectivity index (χ3n) is 4.08. The second kappa shape index (κ2) is 27.2. The molecule has 0 spiro atoms. The van der Waals surface area contributed by atoms with Crippen molar-refractivity contribution >= 4 is 11.9 Å². The zero-order valence-corrected chi connectivity index (χ0v) is 18.1. The van der Waals surface area contributed by atoms with E-state index in [0.717, 1.165) is 51.4 Å². The predicted molar refractivity (Wildman–Crippen MR) is 104 cm³/mol. The molecule has 0 saturated heterocycles. The Bertz CT molecular complexity index is 322. The Morgan fingerprint density at radius 3 is 1.07 bits per heavy atom. The molecule has 0 aliphatic rings. The average Bonchev–Trinajstić information content (AvgIpc) is 2.60. The number of hydrogen-bond donors (Lipinski definition) is 0. The summed E-state index contributed by atoms with van der Waals surface area (Å²) in [7, 11) is 0. The van der Waals surface area contributed by atoms with Crippen LogP contribution in [-0.4, -0.2) is 11.9 Å². The molecule has 0 saturated carbocycles. The standard InChI is InChI=1S/2C11H20O2.Mn/c2*1-2-3-4-5-6-7-8-9-10-11(12)13;/h2*2H,1,3-10H2,(H,12,13);/q;;+2/p-2. The van der Waals surface area contributed by atoms with Crippen LogP contribution in [0.25, 0.3) is 0 Å². The molecule has 1 radical (unpaired) electrons. The smallest absolute Gasteiger partial charge is 0.550 e. The zero-order chi connectivity index (χ0) is 19.9. The summed E-state index contributed by atoms with van der Waals surface area (Å²) in [5.41, 5.74) is 0. The molecular formula is C22H38MnO4. The number of hydrogen-bond acceptors (Lipinski definition) is 4. The van der Waals surface area contributed by atoms with E-state index in [2.05, 4.69) is 13.2 Å². The third-order valence-corrected chi connectivity index (χ3v) is 4.08. The van der Waals surface area contributed by atoms with Gasteiger partial charge < -0.3 is 19.8 Å². The van der Waals surface area contributed by atoms with Crippen LogP contribution in [0, 0.1) is 0 Å². The van der Waals surface area contributed by atoms with Crippen LogP contribution in [0.3, 0.4) is 0 Å². The number of aliphatic carboxylic acids is 2. The number of carbonyl (C=O) groups excluding carboxylic acids is 2. The van der Waals surface area contributed by atoms with Crippen molar-refractivity contribution in [2.75, 3.05) is 0 Å². The van der Waals surface area contributed by atoms with Crippen molar-refractivity contribution in [3.05, 3.63) is 25.3 Å². The minimum Gasteiger partial charge on any atom is -0.550 e. The number of unbranched alkanes of at least 4 members (excludes halogenated alkanes) is 12. The molecule has 0 heterocycles. The van der Waals surface area contributed by atoms with Crippen molar-refractivity contribution in [1.29, 1.82) is 0 Å². The van der Waals surface area contributed by atoms with Crippen LogP contribution < -0.4 is 10.2 Å². The fraction of sp³-hybridized carbons (Fsp3) is 0.727. The van der Waals surface area contributed by atoms with Crippen LogP contribution in [0.4, 0.5) is 0 Å². The van der Waals surface area contributed by atoms with Gasteiger partial charge in [-0.1, -0.05) is 63.5 Å². The molecule has 157 valence electrons. The molecule has 0 atom stereocenters. The fourth-order valence-corrected chi connectivity index (χ4v) is 2.53. The first-order valence-electron chi connectivity index (χ1n) is 10.2. The minimum absolute atomic E-state index is 0. The van der Waals surface area contributed by atoms with Gasteiger partial charge in [-0.25, -0.2) is 0 Å². The van der Waals surface area contributed by atoms with E-state index >= 15 is 0 Å². The van der Waals surface area contributed by atoms with Gasteiger partial charge in [0.25, 0.3) is 0 Å². The van der Waals surface area contributed by atoms with Gasteiger partial charge in [-0.15, -0.1) is 13.2 Å². The van der Waals surface area contributed by atoms with Crippen molar-refractivity contribution < 1.29 is 36.9 Å². The molecule has 0 rings (SSSR count). The largest absolute Gasteiger partial charge is 2.00 e. The molecule has 0 aromatic rings. The Labute approximate surface area is 177 Å². The molecule has 0 amide bonds. The molecule has 0 aliphatic carbocycles. The number of carboxylic acids is 2. The second-order valence-electron chi connectivity index (χ2n) is 6.64. The third kappa shape index (κ3) is 36.6. The van der Waals surface area contributed by atoms with E-state index in [9.17, 15) is 19.8 Å². The van der Waals surface area contributed by atoms with E-state index in [4.69, 9.17) is 0 Å². The van der Waals surface area contributed by atoms with Gasteiger partial charge in [-0.2, -0.15) is 0 Å². The predicted octanol–water partition coefficient (Wildman–Crippen LogP) is 4.08. The van der Waals surface area contributed by atoms with Crippen molar-refractivity contribution in [3.8, 4) is 0 Å².